The zero-order chi connectivity index (χ0) is 12.8. The molecule has 0 radical (unpaired) electrons. The van der Waals surface area contributed by atoms with E-state index in [4.69, 9.17) is 10.8 Å². The van der Waals surface area contributed by atoms with Gasteiger partial charge in [-0.2, -0.15) is 0 Å². The number of carbonyl (C=O) groups excluding carboxylic acids is 1. The smallest absolute Gasteiger partial charge is 0.326 e. The maximum absolute atomic E-state index is 11.6. The zero-order valence-electron chi connectivity index (χ0n) is 9.64. The van der Waals surface area contributed by atoms with E-state index in [2.05, 4.69) is 5.32 Å². The van der Waals surface area contributed by atoms with Gasteiger partial charge in [-0.1, -0.05) is 19.1 Å². The quantitative estimate of drug-likeness (QED) is 0.659. The Hall–Kier alpha value is -2.04. The molecule has 0 heterocycles. The Balaban J connectivity index is 2.54. The second kappa shape index (κ2) is 5.89. The molecule has 4 N–H and O–H groups in total. The molecule has 92 valence electrons. The summed E-state index contributed by atoms with van der Waals surface area (Å²) >= 11 is 0. The summed E-state index contributed by atoms with van der Waals surface area (Å²) in [4.78, 5) is 22.3. The fraction of sp³-hybridized carbons (Fsp3) is 0.333. The highest BCUT2D eigenvalue weighted by Crippen LogP contribution is 2.06. The third-order valence-electron chi connectivity index (χ3n) is 2.39. The van der Waals surface area contributed by atoms with Gasteiger partial charge in [0.2, 0.25) is 5.91 Å². The van der Waals surface area contributed by atoms with Crippen molar-refractivity contribution in [1.82, 2.24) is 5.32 Å². The highest BCUT2D eigenvalue weighted by Gasteiger charge is 2.17. The topological polar surface area (TPSA) is 92.4 Å². The summed E-state index contributed by atoms with van der Waals surface area (Å²) < 4.78 is 0. The van der Waals surface area contributed by atoms with Crippen LogP contribution >= 0.6 is 0 Å². The molecule has 0 aliphatic heterocycles. The minimum Gasteiger partial charge on any atom is -0.480 e. The number of nitrogens with one attached hydrogen (secondary N) is 1. The number of carboxylic acid groups (broad SMARTS) is 1. The largest absolute Gasteiger partial charge is 0.480 e. The maximum atomic E-state index is 11.6. The monoisotopic (exact) mass is 236 g/mol. The third-order valence-corrected chi connectivity index (χ3v) is 2.39. The van der Waals surface area contributed by atoms with E-state index in [1.807, 2.05) is 0 Å². The Bertz CT molecular complexity index is 401. The van der Waals surface area contributed by atoms with Crippen LogP contribution in [0.2, 0.25) is 0 Å². The molecule has 1 rings (SSSR count). The van der Waals surface area contributed by atoms with Crippen molar-refractivity contribution in [3.63, 3.8) is 0 Å². The van der Waals surface area contributed by atoms with Crippen molar-refractivity contribution in [1.29, 1.82) is 0 Å². The summed E-state index contributed by atoms with van der Waals surface area (Å²) in [6.07, 6.45) is 0.521. The first kappa shape index (κ1) is 13.0. The molecule has 0 aromatic heterocycles. The lowest BCUT2D eigenvalue weighted by Gasteiger charge is -2.12. The number of carbonyl (C=O) groups is 2. The first-order chi connectivity index (χ1) is 8.02. The van der Waals surface area contributed by atoms with E-state index in [1.165, 1.54) is 0 Å². The van der Waals surface area contributed by atoms with Crippen LogP contribution in [0.4, 0.5) is 5.69 Å². The lowest BCUT2D eigenvalue weighted by molar-refractivity contribution is -0.141. The van der Waals surface area contributed by atoms with Crippen LogP contribution in [0.3, 0.4) is 0 Å². The van der Waals surface area contributed by atoms with E-state index in [-0.39, 0.29) is 12.3 Å². The Morgan fingerprint density at radius 3 is 2.41 bits per heavy atom. The van der Waals surface area contributed by atoms with Crippen LogP contribution in [0, 0.1) is 0 Å². The van der Waals surface area contributed by atoms with Crippen molar-refractivity contribution in [2.24, 2.45) is 0 Å². The van der Waals surface area contributed by atoms with Crippen molar-refractivity contribution in [2.45, 2.75) is 25.8 Å². The number of benzene rings is 1. The molecule has 0 saturated carbocycles. The van der Waals surface area contributed by atoms with E-state index < -0.39 is 12.0 Å². The molecule has 1 amide bonds. The summed E-state index contributed by atoms with van der Waals surface area (Å²) in [5, 5.41) is 11.3. The molecule has 5 heteroatoms. The molecule has 0 fully saturated rings. The fourth-order valence-electron chi connectivity index (χ4n) is 1.40. The lowest BCUT2D eigenvalue weighted by atomic mass is 10.1. The van der Waals surface area contributed by atoms with Gasteiger partial charge >= 0.3 is 5.97 Å². The van der Waals surface area contributed by atoms with Gasteiger partial charge in [0, 0.05) is 5.69 Å². The maximum Gasteiger partial charge on any atom is 0.326 e. The minimum atomic E-state index is -1.02. The van der Waals surface area contributed by atoms with E-state index in [9.17, 15) is 9.59 Å². The number of nitrogen functional groups attached to an aromatic ring is 1. The summed E-state index contributed by atoms with van der Waals surface area (Å²) in [6, 6.07) is 6.08. The minimum absolute atomic E-state index is 0.157. The van der Waals surface area contributed by atoms with Gasteiger partial charge in [0.25, 0.3) is 0 Å². The molecular weight excluding hydrogens is 220 g/mol. The predicted molar refractivity (Wildman–Crippen MR) is 64.4 cm³/mol. The summed E-state index contributed by atoms with van der Waals surface area (Å²) in [5.41, 5.74) is 6.95. The van der Waals surface area contributed by atoms with Gasteiger partial charge in [0.1, 0.15) is 6.04 Å². The van der Waals surface area contributed by atoms with Gasteiger partial charge in [-0.05, 0) is 24.1 Å². The SMILES string of the molecule is CC[C@@H](NC(=O)Cc1ccc(N)cc1)C(=O)O. The van der Waals surface area contributed by atoms with Crippen LogP contribution in [0.1, 0.15) is 18.9 Å². The first-order valence-electron chi connectivity index (χ1n) is 5.39. The molecule has 1 aromatic rings. The van der Waals surface area contributed by atoms with Crippen molar-refractivity contribution >= 4 is 17.6 Å². The lowest BCUT2D eigenvalue weighted by Crippen LogP contribution is -2.40. The molecule has 0 unspecified atom stereocenters. The van der Waals surface area contributed by atoms with Gasteiger partial charge in [0.15, 0.2) is 0 Å². The second-order valence-corrected chi connectivity index (χ2v) is 3.78. The van der Waals surface area contributed by atoms with E-state index in [0.717, 1.165) is 5.56 Å². The van der Waals surface area contributed by atoms with Crippen molar-refractivity contribution in [3.05, 3.63) is 29.8 Å². The van der Waals surface area contributed by atoms with Crippen molar-refractivity contribution in [3.8, 4) is 0 Å². The molecule has 0 saturated heterocycles. The normalized spacial score (nSPS) is 11.8. The number of hydrogen-bond acceptors (Lipinski definition) is 3. The van der Waals surface area contributed by atoms with Gasteiger partial charge in [-0.15, -0.1) is 0 Å². The number of carboxylic acids is 1. The number of amides is 1. The second-order valence-electron chi connectivity index (χ2n) is 3.78. The van der Waals surface area contributed by atoms with Gasteiger partial charge in [-0.3, -0.25) is 4.79 Å². The van der Waals surface area contributed by atoms with Crippen LogP contribution in [0.5, 0.6) is 0 Å². The van der Waals surface area contributed by atoms with Gasteiger partial charge < -0.3 is 16.2 Å². The number of aliphatic carboxylic acids is 1. The number of hydrogen-bond donors (Lipinski definition) is 3. The Kier molecular flexibility index (Phi) is 4.51. The van der Waals surface area contributed by atoms with Gasteiger partial charge in [-0.25, -0.2) is 4.79 Å². The molecule has 5 nitrogen and oxygen atoms in total. The Labute approximate surface area is 99.6 Å². The molecule has 0 aliphatic rings. The summed E-state index contributed by atoms with van der Waals surface area (Å²) in [5.74, 6) is -1.32. The van der Waals surface area contributed by atoms with Crippen LogP contribution in [0.15, 0.2) is 24.3 Å². The van der Waals surface area contributed by atoms with Crippen LogP contribution in [0.25, 0.3) is 0 Å². The summed E-state index contributed by atoms with van der Waals surface area (Å²) in [7, 11) is 0. The molecule has 0 aliphatic carbocycles. The summed E-state index contributed by atoms with van der Waals surface area (Å²) in [6.45, 7) is 1.71. The van der Waals surface area contributed by atoms with Crippen molar-refractivity contribution in [2.75, 3.05) is 5.73 Å². The van der Waals surface area contributed by atoms with Gasteiger partial charge in [0.05, 0.1) is 6.42 Å². The zero-order valence-corrected chi connectivity index (χ0v) is 9.64. The van der Waals surface area contributed by atoms with Crippen LogP contribution in [-0.4, -0.2) is 23.0 Å². The molecule has 17 heavy (non-hydrogen) atoms. The average molecular weight is 236 g/mol. The molecule has 1 atom stereocenters. The van der Waals surface area contributed by atoms with Crippen LogP contribution in [-0.2, 0) is 16.0 Å². The molecular formula is C12H16N2O3. The predicted octanol–water partition coefficient (Wildman–Crippen LogP) is 0.791. The number of anilines is 1. The van der Waals surface area contributed by atoms with E-state index >= 15 is 0 Å². The van der Waals surface area contributed by atoms with Crippen molar-refractivity contribution < 1.29 is 14.7 Å². The first-order valence-corrected chi connectivity index (χ1v) is 5.39. The molecule has 0 spiro atoms. The van der Waals surface area contributed by atoms with E-state index in [1.54, 1.807) is 31.2 Å². The Morgan fingerprint density at radius 2 is 1.94 bits per heavy atom. The molecule has 0 bridgehead atoms. The fourth-order valence-corrected chi connectivity index (χ4v) is 1.40. The average Bonchev–Trinajstić information content (AvgIpc) is 2.28. The van der Waals surface area contributed by atoms with E-state index in [0.29, 0.717) is 12.1 Å². The Morgan fingerprint density at radius 1 is 1.35 bits per heavy atom. The number of nitrogens with two attached hydrogens (primary N) is 1. The highest BCUT2D eigenvalue weighted by molar-refractivity contribution is 5.84. The third kappa shape index (κ3) is 4.14. The molecule has 1 aromatic carbocycles. The standard InChI is InChI=1S/C12H16N2O3/c1-2-10(12(16)17)14-11(15)7-8-3-5-9(13)6-4-8/h3-6,10H,2,7,13H2,1H3,(H,14,15)(H,16,17)/t10-/m1/s1. The van der Waals surface area contributed by atoms with Crippen LogP contribution < -0.4 is 11.1 Å². The highest BCUT2D eigenvalue weighted by atomic mass is 16.4. The number of rotatable bonds is 5.